The zero-order chi connectivity index (χ0) is 12.9. The highest BCUT2D eigenvalue weighted by Gasteiger charge is 2.29. The Labute approximate surface area is 109 Å². The third-order valence-electron chi connectivity index (χ3n) is 3.22. The van der Waals surface area contributed by atoms with Crippen LogP contribution in [0.3, 0.4) is 0 Å². The van der Waals surface area contributed by atoms with Crippen molar-refractivity contribution in [2.75, 3.05) is 0 Å². The van der Waals surface area contributed by atoms with Crippen molar-refractivity contribution in [2.24, 2.45) is 0 Å². The molecule has 0 amide bonds. The average molecular weight is 262 g/mol. The number of fused-ring (bicyclic) bond motifs is 1. The molecule has 2 nitrogen and oxygen atoms in total. The van der Waals surface area contributed by atoms with Gasteiger partial charge in [-0.2, -0.15) is 0 Å². The summed E-state index contributed by atoms with van der Waals surface area (Å²) in [4.78, 5) is 2.24. The molecule has 0 unspecified atom stereocenters. The number of hydrogen-bond donors (Lipinski definition) is 1. The van der Waals surface area contributed by atoms with Crippen molar-refractivity contribution in [3.8, 4) is 11.1 Å². The highest BCUT2D eigenvalue weighted by Crippen LogP contribution is 2.32. The molecule has 2 heterocycles. The molecule has 92 valence electrons. The topological polar surface area (TPSA) is 29.5 Å². The fraction of sp³-hybridized carbons (Fsp3) is 0.231. The molecule has 0 spiro atoms. The maximum absolute atomic E-state index is 14.1. The van der Waals surface area contributed by atoms with E-state index in [-0.39, 0.29) is 12.4 Å². The first-order valence-corrected chi connectivity index (χ1v) is 6.57. The van der Waals surface area contributed by atoms with Crippen molar-refractivity contribution >= 4 is 23.9 Å². The molecule has 0 bridgehead atoms. The Morgan fingerprint density at radius 2 is 2.06 bits per heavy atom. The van der Waals surface area contributed by atoms with Crippen LogP contribution in [0, 0.1) is 19.7 Å². The second-order valence-electron chi connectivity index (χ2n) is 4.52. The first kappa shape index (κ1) is 11.9. The molecule has 0 atom stereocenters. The first-order chi connectivity index (χ1) is 8.56. The SMILES string of the molecule is Cc1cc(-c2cc3c(cc2F)COB3O)c(C)s1. The van der Waals surface area contributed by atoms with Gasteiger partial charge in [-0.25, -0.2) is 4.39 Å². The van der Waals surface area contributed by atoms with E-state index < -0.39 is 7.12 Å². The lowest BCUT2D eigenvalue weighted by Crippen LogP contribution is -2.28. The van der Waals surface area contributed by atoms with Crippen LogP contribution in [0.4, 0.5) is 4.39 Å². The summed E-state index contributed by atoms with van der Waals surface area (Å²) in [6, 6.07) is 5.15. The first-order valence-electron chi connectivity index (χ1n) is 5.75. The minimum absolute atomic E-state index is 0.257. The zero-order valence-electron chi connectivity index (χ0n) is 10.2. The van der Waals surface area contributed by atoms with Gasteiger partial charge in [0.15, 0.2) is 0 Å². The Morgan fingerprint density at radius 1 is 1.28 bits per heavy atom. The highest BCUT2D eigenvalue weighted by molar-refractivity contribution is 7.12. The summed E-state index contributed by atoms with van der Waals surface area (Å²) >= 11 is 1.65. The van der Waals surface area contributed by atoms with E-state index in [0.717, 1.165) is 20.9 Å². The lowest BCUT2D eigenvalue weighted by atomic mass is 9.78. The molecule has 1 aromatic carbocycles. The molecule has 1 aromatic heterocycles. The van der Waals surface area contributed by atoms with Crippen molar-refractivity contribution in [1.29, 1.82) is 0 Å². The van der Waals surface area contributed by atoms with Crippen LogP contribution < -0.4 is 5.46 Å². The van der Waals surface area contributed by atoms with E-state index in [4.69, 9.17) is 4.65 Å². The second kappa shape index (κ2) is 4.19. The van der Waals surface area contributed by atoms with E-state index in [9.17, 15) is 9.41 Å². The molecular weight excluding hydrogens is 250 g/mol. The summed E-state index contributed by atoms with van der Waals surface area (Å²) in [5, 5.41) is 9.68. The van der Waals surface area contributed by atoms with E-state index in [1.807, 2.05) is 19.9 Å². The van der Waals surface area contributed by atoms with E-state index in [1.165, 1.54) is 6.07 Å². The Morgan fingerprint density at radius 3 is 2.72 bits per heavy atom. The third kappa shape index (κ3) is 1.79. The predicted octanol–water partition coefficient (Wildman–Crippen LogP) is 2.39. The van der Waals surface area contributed by atoms with Crippen molar-refractivity contribution in [3.05, 3.63) is 39.3 Å². The molecule has 1 N–H and O–H groups in total. The van der Waals surface area contributed by atoms with Gasteiger partial charge in [0, 0.05) is 15.3 Å². The fourth-order valence-electron chi connectivity index (χ4n) is 2.35. The van der Waals surface area contributed by atoms with Crippen molar-refractivity contribution in [2.45, 2.75) is 20.5 Å². The van der Waals surface area contributed by atoms with Gasteiger partial charge in [0.25, 0.3) is 0 Å². The fourth-order valence-corrected chi connectivity index (χ4v) is 3.29. The van der Waals surface area contributed by atoms with Gasteiger partial charge in [0.05, 0.1) is 6.61 Å². The molecule has 5 heteroatoms. The number of rotatable bonds is 1. The summed E-state index contributed by atoms with van der Waals surface area (Å²) < 4.78 is 19.2. The zero-order valence-corrected chi connectivity index (χ0v) is 11.0. The lowest BCUT2D eigenvalue weighted by Gasteiger charge is -2.06. The Balaban J connectivity index is 2.18. The van der Waals surface area contributed by atoms with E-state index in [1.54, 1.807) is 17.4 Å². The van der Waals surface area contributed by atoms with Crippen LogP contribution >= 0.6 is 11.3 Å². The van der Waals surface area contributed by atoms with Gasteiger partial charge < -0.3 is 9.68 Å². The van der Waals surface area contributed by atoms with Gasteiger partial charge in [0.1, 0.15) is 5.82 Å². The number of halogens is 1. The third-order valence-corrected chi connectivity index (χ3v) is 4.19. The molecule has 1 aliphatic heterocycles. The monoisotopic (exact) mass is 262 g/mol. The van der Waals surface area contributed by atoms with E-state index >= 15 is 0 Å². The van der Waals surface area contributed by atoms with Gasteiger partial charge in [-0.15, -0.1) is 11.3 Å². The average Bonchev–Trinajstić information content (AvgIpc) is 2.82. The van der Waals surface area contributed by atoms with E-state index in [2.05, 4.69) is 0 Å². The van der Waals surface area contributed by atoms with Crippen molar-refractivity contribution < 1.29 is 14.1 Å². The molecule has 0 saturated carbocycles. The van der Waals surface area contributed by atoms with Gasteiger partial charge in [-0.3, -0.25) is 0 Å². The molecule has 18 heavy (non-hydrogen) atoms. The number of aryl methyl sites for hydroxylation is 2. The standard InChI is InChI=1S/C13H12BFO2S/c1-7-3-10(8(2)18-7)11-5-12-9(4-13(11)15)6-17-14(12)16/h3-5,16H,6H2,1-2H3. The smallest absolute Gasteiger partial charge is 0.423 e. The summed E-state index contributed by atoms with van der Waals surface area (Å²) in [5.74, 6) is -0.257. The van der Waals surface area contributed by atoms with Gasteiger partial charge in [-0.1, -0.05) is 6.07 Å². The minimum Gasteiger partial charge on any atom is -0.423 e. The Bertz CT molecular complexity index is 624. The minimum atomic E-state index is -0.931. The summed E-state index contributed by atoms with van der Waals surface area (Å²) in [6.45, 7) is 4.26. The predicted molar refractivity (Wildman–Crippen MR) is 71.6 cm³/mol. The number of hydrogen-bond acceptors (Lipinski definition) is 3. The van der Waals surface area contributed by atoms with Crippen molar-refractivity contribution in [1.82, 2.24) is 0 Å². The lowest BCUT2D eigenvalue weighted by molar-refractivity contribution is 0.275. The van der Waals surface area contributed by atoms with Gasteiger partial charge in [-0.05, 0) is 42.6 Å². The van der Waals surface area contributed by atoms with Crippen LogP contribution in [0.15, 0.2) is 18.2 Å². The maximum atomic E-state index is 14.1. The maximum Gasteiger partial charge on any atom is 0.491 e. The van der Waals surface area contributed by atoms with E-state index in [0.29, 0.717) is 11.0 Å². The molecule has 0 aliphatic carbocycles. The van der Waals surface area contributed by atoms with Gasteiger partial charge in [0.2, 0.25) is 0 Å². The summed E-state index contributed by atoms with van der Waals surface area (Å²) in [5.41, 5.74) is 2.85. The van der Waals surface area contributed by atoms with Crippen LogP contribution in [-0.2, 0) is 11.3 Å². The molecule has 1 aliphatic rings. The molecule has 0 fully saturated rings. The summed E-state index contributed by atoms with van der Waals surface area (Å²) in [7, 11) is -0.931. The Kier molecular flexibility index (Phi) is 2.77. The van der Waals surface area contributed by atoms with Crippen LogP contribution in [0.1, 0.15) is 15.3 Å². The van der Waals surface area contributed by atoms with Crippen molar-refractivity contribution in [3.63, 3.8) is 0 Å². The van der Waals surface area contributed by atoms with Crippen LogP contribution in [-0.4, -0.2) is 12.1 Å². The molecule has 0 radical (unpaired) electrons. The normalized spacial score (nSPS) is 14.1. The largest absolute Gasteiger partial charge is 0.491 e. The summed E-state index contributed by atoms with van der Waals surface area (Å²) in [6.07, 6.45) is 0. The number of benzene rings is 1. The number of thiophene rings is 1. The highest BCUT2D eigenvalue weighted by atomic mass is 32.1. The molecule has 3 rings (SSSR count). The molecular formula is C13H12BFO2S. The van der Waals surface area contributed by atoms with Crippen LogP contribution in [0.25, 0.3) is 11.1 Å². The van der Waals surface area contributed by atoms with Crippen LogP contribution in [0.5, 0.6) is 0 Å². The van der Waals surface area contributed by atoms with Gasteiger partial charge >= 0.3 is 7.12 Å². The molecule has 2 aromatic rings. The molecule has 0 saturated heterocycles. The van der Waals surface area contributed by atoms with Crippen LogP contribution in [0.2, 0.25) is 0 Å². The quantitative estimate of drug-likeness (QED) is 0.799. The second-order valence-corrected chi connectivity index (χ2v) is 5.98. The Hall–Kier alpha value is -1.17.